The van der Waals surface area contributed by atoms with E-state index in [4.69, 9.17) is 8.83 Å². The third kappa shape index (κ3) is 4.88. The summed E-state index contributed by atoms with van der Waals surface area (Å²) in [5.41, 5.74) is -0.0696. The summed E-state index contributed by atoms with van der Waals surface area (Å²) in [6, 6.07) is 9.13. The molecule has 0 radical (unpaired) electrons. The van der Waals surface area contributed by atoms with Crippen LogP contribution >= 0.6 is 23.1 Å². The van der Waals surface area contributed by atoms with E-state index in [0.717, 1.165) is 36.8 Å². The maximum absolute atomic E-state index is 12.4. The third-order valence-corrected chi connectivity index (χ3v) is 6.03. The maximum atomic E-state index is 12.4. The van der Waals surface area contributed by atoms with Gasteiger partial charge in [-0.2, -0.15) is 5.26 Å². The van der Waals surface area contributed by atoms with Gasteiger partial charge >= 0.3 is 0 Å². The zero-order chi connectivity index (χ0) is 20.1. The molecule has 0 aromatic carbocycles. The summed E-state index contributed by atoms with van der Waals surface area (Å²) in [4.78, 5) is 14.6. The van der Waals surface area contributed by atoms with Gasteiger partial charge < -0.3 is 13.7 Å². The molecule has 1 saturated heterocycles. The summed E-state index contributed by atoms with van der Waals surface area (Å²) in [6.45, 7) is 1.90. The van der Waals surface area contributed by atoms with Gasteiger partial charge in [0.2, 0.25) is 10.3 Å². The molecule has 4 rings (SSSR count). The molecule has 1 amide bonds. The van der Waals surface area contributed by atoms with Crippen LogP contribution in [-0.4, -0.2) is 29.2 Å². The second-order valence-electron chi connectivity index (χ2n) is 6.23. The smallest absolute Gasteiger partial charge is 0.268 e. The van der Waals surface area contributed by atoms with Gasteiger partial charge in [-0.3, -0.25) is 10.1 Å². The first-order chi connectivity index (χ1) is 14.2. The fourth-order valence-electron chi connectivity index (χ4n) is 2.78. The van der Waals surface area contributed by atoms with Crippen LogP contribution in [0.25, 0.3) is 6.08 Å². The van der Waals surface area contributed by atoms with Gasteiger partial charge in [-0.25, -0.2) is 0 Å². The number of anilines is 2. The number of aromatic nitrogens is 2. The van der Waals surface area contributed by atoms with Crippen molar-refractivity contribution < 1.29 is 13.6 Å². The Morgan fingerprint density at radius 3 is 2.97 bits per heavy atom. The lowest BCUT2D eigenvalue weighted by molar-refractivity contribution is -0.112. The molecule has 1 fully saturated rings. The van der Waals surface area contributed by atoms with Gasteiger partial charge in [-0.15, -0.1) is 10.2 Å². The number of hydrogen-bond acceptors (Lipinski definition) is 9. The zero-order valence-electron chi connectivity index (χ0n) is 15.3. The Kier molecular flexibility index (Phi) is 5.97. The highest BCUT2D eigenvalue weighted by molar-refractivity contribution is 7.98. The minimum absolute atomic E-state index is 0.0696. The lowest BCUT2D eigenvalue weighted by atomic mass is 10.2. The lowest BCUT2D eigenvalue weighted by Gasteiger charge is -2.10. The summed E-state index contributed by atoms with van der Waals surface area (Å²) in [7, 11) is 0. The number of nitrogens with one attached hydrogen (secondary N) is 1. The summed E-state index contributed by atoms with van der Waals surface area (Å²) >= 11 is 2.77. The largest absolute Gasteiger partial charge is 0.468 e. The van der Waals surface area contributed by atoms with E-state index >= 15 is 0 Å². The average molecular weight is 428 g/mol. The van der Waals surface area contributed by atoms with Gasteiger partial charge in [0.05, 0.1) is 12.0 Å². The Bertz CT molecular complexity index is 1040. The number of amides is 1. The highest BCUT2D eigenvalue weighted by Gasteiger charge is 2.19. The number of carbonyl (C=O) groups excluding carboxylic acids is 1. The number of carbonyl (C=O) groups is 1. The van der Waals surface area contributed by atoms with Gasteiger partial charge in [-0.1, -0.05) is 23.1 Å². The van der Waals surface area contributed by atoms with E-state index in [1.165, 1.54) is 29.2 Å². The monoisotopic (exact) mass is 427 g/mol. The molecule has 10 heteroatoms. The van der Waals surface area contributed by atoms with Crippen molar-refractivity contribution in [2.45, 2.75) is 23.7 Å². The lowest BCUT2D eigenvalue weighted by Crippen LogP contribution is -2.17. The van der Waals surface area contributed by atoms with Crippen LogP contribution in [0.1, 0.15) is 24.4 Å². The molecule has 1 aliphatic rings. The molecule has 0 unspecified atom stereocenters. The summed E-state index contributed by atoms with van der Waals surface area (Å²) in [5, 5.41) is 21.9. The molecule has 148 valence electrons. The molecular weight excluding hydrogens is 410 g/mol. The van der Waals surface area contributed by atoms with Gasteiger partial charge in [-0.05, 0) is 37.1 Å². The van der Waals surface area contributed by atoms with Crippen molar-refractivity contribution in [1.82, 2.24) is 10.2 Å². The fraction of sp³-hybridized carbons (Fsp3) is 0.263. The van der Waals surface area contributed by atoms with Crippen molar-refractivity contribution in [3.8, 4) is 6.07 Å². The van der Waals surface area contributed by atoms with Crippen molar-refractivity contribution in [1.29, 1.82) is 5.26 Å². The Labute approximate surface area is 175 Å². The van der Waals surface area contributed by atoms with Crippen LogP contribution in [0.4, 0.5) is 10.3 Å². The van der Waals surface area contributed by atoms with Gasteiger partial charge in [0, 0.05) is 19.2 Å². The molecule has 0 bridgehead atoms. The topological polar surface area (TPSA) is 108 Å². The Morgan fingerprint density at radius 2 is 2.21 bits per heavy atom. The molecule has 29 heavy (non-hydrogen) atoms. The van der Waals surface area contributed by atoms with E-state index in [-0.39, 0.29) is 5.57 Å². The van der Waals surface area contributed by atoms with Crippen LogP contribution in [0.3, 0.4) is 0 Å². The molecule has 0 spiro atoms. The normalized spacial score (nSPS) is 14.2. The van der Waals surface area contributed by atoms with E-state index < -0.39 is 5.91 Å². The predicted molar refractivity (Wildman–Crippen MR) is 111 cm³/mol. The highest BCUT2D eigenvalue weighted by atomic mass is 32.2. The standard InChI is InChI=1S/C19H17N5O3S2/c20-11-13(10-14-5-6-16(27-14)28-12-15-4-3-9-26-15)17(25)21-18-22-23-19(29-18)24-7-1-2-8-24/h3-6,9-10H,1-2,7-8,12H2,(H,21,22,25)/b13-10-. The van der Waals surface area contributed by atoms with Crippen LogP contribution in [0.5, 0.6) is 0 Å². The molecule has 3 aromatic rings. The summed E-state index contributed by atoms with van der Waals surface area (Å²) < 4.78 is 11.0. The summed E-state index contributed by atoms with van der Waals surface area (Å²) in [6.07, 6.45) is 5.30. The van der Waals surface area contributed by atoms with Gasteiger partial charge in [0.15, 0.2) is 5.09 Å². The quantitative estimate of drug-likeness (QED) is 0.340. The first-order valence-corrected chi connectivity index (χ1v) is 10.8. The van der Waals surface area contributed by atoms with Crippen LogP contribution in [0, 0.1) is 11.3 Å². The van der Waals surface area contributed by atoms with Crippen LogP contribution in [0.15, 0.2) is 50.0 Å². The SMILES string of the molecule is N#C/C(=C/c1ccc(SCc2ccco2)o1)C(=O)Nc1nnc(N2CCCC2)s1. The van der Waals surface area contributed by atoms with Crippen molar-refractivity contribution >= 4 is 45.3 Å². The van der Waals surface area contributed by atoms with Gasteiger partial charge in [0.25, 0.3) is 5.91 Å². The number of nitriles is 1. The molecular formula is C19H17N5O3S2. The Balaban J connectivity index is 1.38. The van der Waals surface area contributed by atoms with E-state index in [0.29, 0.717) is 21.7 Å². The number of furan rings is 2. The third-order valence-electron chi connectivity index (χ3n) is 4.20. The highest BCUT2D eigenvalue weighted by Crippen LogP contribution is 2.28. The fourth-order valence-corrected chi connectivity index (χ4v) is 4.34. The van der Waals surface area contributed by atoms with Crippen molar-refractivity contribution in [2.75, 3.05) is 23.3 Å². The minimum Gasteiger partial charge on any atom is -0.468 e. The first kappa shape index (κ1) is 19.3. The van der Waals surface area contributed by atoms with E-state index in [2.05, 4.69) is 20.4 Å². The molecule has 0 saturated carbocycles. The molecule has 0 atom stereocenters. The molecule has 3 aromatic heterocycles. The summed E-state index contributed by atoms with van der Waals surface area (Å²) in [5.74, 6) is 1.35. The number of hydrogen-bond donors (Lipinski definition) is 1. The molecule has 1 N–H and O–H groups in total. The maximum Gasteiger partial charge on any atom is 0.268 e. The number of thioether (sulfide) groups is 1. The molecule has 4 heterocycles. The molecule has 1 aliphatic heterocycles. The van der Waals surface area contributed by atoms with E-state index in [9.17, 15) is 10.1 Å². The number of rotatable bonds is 7. The van der Waals surface area contributed by atoms with Crippen LogP contribution in [0.2, 0.25) is 0 Å². The molecule has 0 aliphatic carbocycles. The molecule has 8 nitrogen and oxygen atoms in total. The van der Waals surface area contributed by atoms with E-state index in [1.54, 1.807) is 18.4 Å². The number of nitrogens with zero attached hydrogens (tertiary/aromatic N) is 4. The Hall–Kier alpha value is -3.03. The van der Waals surface area contributed by atoms with E-state index in [1.807, 2.05) is 18.2 Å². The predicted octanol–water partition coefficient (Wildman–Crippen LogP) is 4.16. The van der Waals surface area contributed by atoms with Crippen molar-refractivity contribution in [3.63, 3.8) is 0 Å². The second kappa shape index (κ2) is 8.98. The minimum atomic E-state index is -0.544. The van der Waals surface area contributed by atoms with Crippen molar-refractivity contribution in [2.24, 2.45) is 0 Å². The average Bonchev–Trinajstić information content (AvgIpc) is 3.52. The second-order valence-corrected chi connectivity index (χ2v) is 8.17. The van der Waals surface area contributed by atoms with Crippen LogP contribution < -0.4 is 10.2 Å². The first-order valence-electron chi connectivity index (χ1n) is 8.98. The van der Waals surface area contributed by atoms with Crippen molar-refractivity contribution in [3.05, 3.63) is 47.6 Å². The van der Waals surface area contributed by atoms with Crippen LogP contribution in [-0.2, 0) is 10.5 Å². The van der Waals surface area contributed by atoms with Gasteiger partial charge in [0.1, 0.15) is 23.2 Å². The Morgan fingerprint density at radius 1 is 1.34 bits per heavy atom. The zero-order valence-corrected chi connectivity index (χ0v) is 17.0.